The molecule has 0 radical (unpaired) electrons. The van der Waals surface area contributed by atoms with Crippen molar-refractivity contribution in [3.8, 4) is 5.88 Å². The average molecular weight is 388 g/mol. The van der Waals surface area contributed by atoms with Crippen LogP contribution in [0.2, 0.25) is 0 Å². The molecule has 1 aromatic heterocycles. The first kappa shape index (κ1) is 21.3. The predicted octanol–water partition coefficient (Wildman–Crippen LogP) is 2.99. The molecule has 0 aromatic carbocycles. The standard InChI is InChI=1S/C18H27F3N4O2/c1-3-22-17(25-10-7-15(8-11-25)26-4-2)24-12-14-6-5-9-23-16(14)27-13-18(19,20)21/h5-6,9,15H,3-4,7-8,10-13H2,1-2H3,(H,22,24). The monoisotopic (exact) mass is 388 g/mol. The van der Waals surface area contributed by atoms with Crippen LogP contribution in [0.3, 0.4) is 0 Å². The van der Waals surface area contributed by atoms with Gasteiger partial charge in [0, 0.05) is 38.0 Å². The third kappa shape index (κ3) is 7.24. The summed E-state index contributed by atoms with van der Waals surface area (Å²) in [4.78, 5) is 10.6. The van der Waals surface area contributed by atoms with Crippen LogP contribution in [0, 0.1) is 0 Å². The van der Waals surface area contributed by atoms with E-state index in [1.54, 1.807) is 12.1 Å². The fourth-order valence-electron chi connectivity index (χ4n) is 2.88. The van der Waals surface area contributed by atoms with Gasteiger partial charge in [-0.25, -0.2) is 9.98 Å². The zero-order valence-corrected chi connectivity index (χ0v) is 15.8. The van der Waals surface area contributed by atoms with E-state index in [9.17, 15) is 13.2 Å². The number of nitrogens with zero attached hydrogens (tertiary/aromatic N) is 3. The second-order valence-electron chi connectivity index (χ2n) is 6.18. The number of rotatable bonds is 7. The Morgan fingerprint density at radius 3 is 2.70 bits per heavy atom. The first-order valence-electron chi connectivity index (χ1n) is 9.21. The maximum Gasteiger partial charge on any atom is 0.422 e. The molecule has 0 atom stereocenters. The Balaban J connectivity index is 2.02. The fourth-order valence-corrected chi connectivity index (χ4v) is 2.88. The van der Waals surface area contributed by atoms with Crippen molar-refractivity contribution in [1.29, 1.82) is 0 Å². The Bertz CT molecular complexity index is 603. The largest absolute Gasteiger partial charge is 0.468 e. The lowest BCUT2D eigenvalue weighted by molar-refractivity contribution is -0.154. The van der Waals surface area contributed by atoms with Crippen LogP contribution < -0.4 is 10.1 Å². The number of likely N-dealkylation sites (tertiary alicyclic amines) is 1. The number of aliphatic imine (C=N–C) groups is 1. The Kier molecular flexibility index (Phi) is 8.15. The molecule has 1 N–H and O–H groups in total. The summed E-state index contributed by atoms with van der Waals surface area (Å²) in [6.07, 6.45) is -0.883. The number of piperidine rings is 1. The summed E-state index contributed by atoms with van der Waals surface area (Å²) < 4.78 is 47.7. The van der Waals surface area contributed by atoms with Gasteiger partial charge in [0.15, 0.2) is 12.6 Å². The molecule has 1 saturated heterocycles. The number of hydrogen-bond donors (Lipinski definition) is 1. The molecular formula is C18H27F3N4O2. The number of ether oxygens (including phenoxy) is 2. The minimum atomic E-state index is -4.40. The molecule has 0 unspecified atom stereocenters. The van der Waals surface area contributed by atoms with Gasteiger partial charge in [0.1, 0.15) is 0 Å². The van der Waals surface area contributed by atoms with Crippen LogP contribution in [-0.4, -0.2) is 61.0 Å². The molecule has 0 aliphatic carbocycles. The molecule has 1 aromatic rings. The Morgan fingerprint density at radius 2 is 2.07 bits per heavy atom. The lowest BCUT2D eigenvalue weighted by Gasteiger charge is -2.34. The molecule has 0 spiro atoms. The van der Waals surface area contributed by atoms with Gasteiger partial charge >= 0.3 is 6.18 Å². The quantitative estimate of drug-likeness (QED) is 0.575. The lowest BCUT2D eigenvalue weighted by Crippen LogP contribution is -2.47. The summed E-state index contributed by atoms with van der Waals surface area (Å²) in [6, 6.07) is 3.33. The average Bonchev–Trinajstić information content (AvgIpc) is 2.64. The predicted molar refractivity (Wildman–Crippen MR) is 96.8 cm³/mol. The molecule has 0 amide bonds. The number of guanidine groups is 1. The minimum absolute atomic E-state index is 0.0375. The molecule has 1 fully saturated rings. The third-order valence-corrected chi connectivity index (χ3v) is 4.10. The number of aromatic nitrogens is 1. The number of halogens is 3. The Morgan fingerprint density at radius 1 is 1.33 bits per heavy atom. The molecule has 2 heterocycles. The number of hydrogen-bond acceptors (Lipinski definition) is 4. The number of alkyl halides is 3. The summed E-state index contributed by atoms with van der Waals surface area (Å²) in [5.41, 5.74) is 0.515. The van der Waals surface area contributed by atoms with E-state index >= 15 is 0 Å². The number of pyridine rings is 1. The highest BCUT2D eigenvalue weighted by Gasteiger charge is 2.29. The molecule has 152 valence electrons. The second-order valence-corrected chi connectivity index (χ2v) is 6.18. The zero-order valence-electron chi connectivity index (χ0n) is 15.8. The zero-order chi connectivity index (χ0) is 19.7. The summed E-state index contributed by atoms with van der Waals surface area (Å²) in [7, 11) is 0. The van der Waals surface area contributed by atoms with Gasteiger partial charge in [-0.3, -0.25) is 0 Å². The Hall–Kier alpha value is -2.03. The molecule has 9 heteroatoms. The van der Waals surface area contributed by atoms with E-state index < -0.39 is 12.8 Å². The van der Waals surface area contributed by atoms with Crippen LogP contribution in [-0.2, 0) is 11.3 Å². The van der Waals surface area contributed by atoms with Gasteiger partial charge in [-0.15, -0.1) is 0 Å². The lowest BCUT2D eigenvalue weighted by atomic mass is 10.1. The van der Waals surface area contributed by atoms with Gasteiger partial charge < -0.3 is 19.7 Å². The van der Waals surface area contributed by atoms with Gasteiger partial charge in [0.2, 0.25) is 5.88 Å². The molecule has 0 saturated carbocycles. The smallest absolute Gasteiger partial charge is 0.422 e. The minimum Gasteiger partial charge on any atom is -0.468 e. The van der Waals surface area contributed by atoms with Crippen LogP contribution in [0.15, 0.2) is 23.3 Å². The first-order valence-corrected chi connectivity index (χ1v) is 9.21. The molecule has 2 rings (SSSR count). The Labute approximate surface area is 157 Å². The highest BCUT2D eigenvalue weighted by atomic mass is 19.4. The number of nitrogens with one attached hydrogen (secondary N) is 1. The molecule has 1 aliphatic rings. The van der Waals surface area contributed by atoms with Gasteiger partial charge in [-0.1, -0.05) is 6.07 Å². The fraction of sp³-hybridized carbons (Fsp3) is 0.667. The van der Waals surface area contributed by atoms with Crippen molar-refractivity contribution >= 4 is 5.96 Å². The van der Waals surface area contributed by atoms with Gasteiger partial charge in [-0.05, 0) is 32.8 Å². The molecule has 6 nitrogen and oxygen atoms in total. The van der Waals surface area contributed by atoms with Crippen molar-refractivity contribution in [2.24, 2.45) is 4.99 Å². The third-order valence-electron chi connectivity index (χ3n) is 4.10. The summed E-state index contributed by atoms with van der Waals surface area (Å²) >= 11 is 0. The van der Waals surface area contributed by atoms with Crippen LogP contribution >= 0.6 is 0 Å². The summed E-state index contributed by atoms with van der Waals surface area (Å²) in [6.45, 7) is 5.84. The molecule has 1 aliphatic heterocycles. The van der Waals surface area contributed by atoms with E-state index in [4.69, 9.17) is 9.47 Å². The second kappa shape index (κ2) is 10.3. The molecule has 0 bridgehead atoms. The van der Waals surface area contributed by atoms with Crippen molar-refractivity contribution < 1.29 is 22.6 Å². The van der Waals surface area contributed by atoms with Crippen molar-refractivity contribution in [2.75, 3.05) is 32.8 Å². The first-order chi connectivity index (χ1) is 12.9. The summed E-state index contributed by atoms with van der Waals surface area (Å²) in [5.74, 6) is 0.697. The van der Waals surface area contributed by atoms with Gasteiger partial charge in [0.05, 0.1) is 12.6 Å². The van der Waals surface area contributed by atoms with Crippen LogP contribution in [0.1, 0.15) is 32.3 Å². The van der Waals surface area contributed by atoms with E-state index in [1.807, 2.05) is 13.8 Å². The SMILES string of the molecule is CCNC(=NCc1cccnc1OCC(F)(F)F)N1CCC(OCC)CC1. The van der Waals surface area contributed by atoms with E-state index in [1.165, 1.54) is 6.20 Å². The van der Waals surface area contributed by atoms with E-state index in [-0.39, 0.29) is 18.5 Å². The van der Waals surface area contributed by atoms with Gasteiger partial charge in [0.25, 0.3) is 0 Å². The van der Waals surface area contributed by atoms with E-state index in [0.29, 0.717) is 18.7 Å². The highest BCUT2D eigenvalue weighted by Crippen LogP contribution is 2.21. The van der Waals surface area contributed by atoms with E-state index in [0.717, 1.165) is 31.9 Å². The maximum absolute atomic E-state index is 12.4. The van der Waals surface area contributed by atoms with Crippen LogP contribution in [0.25, 0.3) is 0 Å². The van der Waals surface area contributed by atoms with Crippen molar-refractivity contribution in [2.45, 2.75) is 45.5 Å². The van der Waals surface area contributed by atoms with E-state index in [2.05, 4.69) is 20.2 Å². The topological polar surface area (TPSA) is 59.0 Å². The molecular weight excluding hydrogens is 361 g/mol. The highest BCUT2D eigenvalue weighted by molar-refractivity contribution is 5.80. The maximum atomic E-state index is 12.4. The van der Waals surface area contributed by atoms with Crippen LogP contribution in [0.5, 0.6) is 5.88 Å². The molecule has 27 heavy (non-hydrogen) atoms. The van der Waals surface area contributed by atoms with Crippen molar-refractivity contribution in [3.63, 3.8) is 0 Å². The van der Waals surface area contributed by atoms with Crippen molar-refractivity contribution in [1.82, 2.24) is 15.2 Å². The van der Waals surface area contributed by atoms with Crippen molar-refractivity contribution in [3.05, 3.63) is 23.9 Å². The van der Waals surface area contributed by atoms with Crippen LogP contribution in [0.4, 0.5) is 13.2 Å². The normalized spacial score (nSPS) is 16.5. The summed E-state index contributed by atoms with van der Waals surface area (Å²) in [5, 5.41) is 3.24. The van der Waals surface area contributed by atoms with Gasteiger partial charge in [-0.2, -0.15) is 13.2 Å².